The van der Waals surface area contributed by atoms with Gasteiger partial charge in [0.25, 0.3) is 5.91 Å². The molecule has 0 saturated carbocycles. The molecule has 1 aliphatic heterocycles. The zero-order chi connectivity index (χ0) is 21.3. The SMILES string of the molecule is Cn1ncc(N(N)C(=O)c2cccc(-c3ccccc3F)n2)c1N1CCC(N)CC1. The lowest BCUT2D eigenvalue weighted by Gasteiger charge is -2.33. The van der Waals surface area contributed by atoms with Crippen LogP contribution in [0.1, 0.15) is 23.3 Å². The topological polar surface area (TPSA) is 106 Å². The number of amides is 1. The molecule has 4 rings (SSSR count). The maximum absolute atomic E-state index is 14.1. The molecule has 0 unspecified atom stereocenters. The van der Waals surface area contributed by atoms with Crippen LogP contribution in [0.2, 0.25) is 0 Å². The normalized spacial score (nSPS) is 14.7. The first kappa shape index (κ1) is 20.0. The monoisotopic (exact) mass is 409 g/mol. The van der Waals surface area contributed by atoms with E-state index < -0.39 is 11.7 Å². The van der Waals surface area contributed by atoms with Crippen LogP contribution in [0.15, 0.2) is 48.7 Å². The number of nitrogens with two attached hydrogens (primary N) is 2. The number of benzene rings is 1. The van der Waals surface area contributed by atoms with Gasteiger partial charge in [0, 0.05) is 31.7 Å². The third-order valence-electron chi connectivity index (χ3n) is 5.32. The van der Waals surface area contributed by atoms with Crippen LogP contribution in [-0.2, 0) is 7.05 Å². The number of hydrogen-bond donors (Lipinski definition) is 2. The Morgan fingerprint density at radius 2 is 1.90 bits per heavy atom. The van der Waals surface area contributed by atoms with Gasteiger partial charge in [0.05, 0.1) is 11.9 Å². The Bertz CT molecular complexity index is 1060. The zero-order valence-corrected chi connectivity index (χ0v) is 16.7. The molecule has 0 aliphatic carbocycles. The third kappa shape index (κ3) is 3.77. The second-order valence-corrected chi connectivity index (χ2v) is 7.36. The van der Waals surface area contributed by atoms with Gasteiger partial charge in [-0.1, -0.05) is 18.2 Å². The molecule has 1 saturated heterocycles. The first-order valence-corrected chi connectivity index (χ1v) is 9.79. The molecular weight excluding hydrogens is 385 g/mol. The van der Waals surface area contributed by atoms with Crippen molar-refractivity contribution in [3.63, 3.8) is 0 Å². The maximum Gasteiger partial charge on any atom is 0.291 e. The van der Waals surface area contributed by atoms with Crippen molar-refractivity contribution in [1.29, 1.82) is 0 Å². The van der Waals surface area contributed by atoms with Crippen molar-refractivity contribution in [1.82, 2.24) is 14.8 Å². The van der Waals surface area contributed by atoms with Crippen LogP contribution in [0, 0.1) is 5.82 Å². The first-order chi connectivity index (χ1) is 14.5. The third-order valence-corrected chi connectivity index (χ3v) is 5.32. The lowest BCUT2D eigenvalue weighted by Crippen LogP contribution is -2.43. The van der Waals surface area contributed by atoms with E-state index >= 15 is 0 Å². The molecule has 0 atom stereocenters. The molecule has 9 heteroatoms. The second kappa shape index (κ2) is 8.21. The number of hydrogen-bond acceptors (Lipinski definition) is 6. The fraction of sp³-hybridized carbons (Fsp3) is 0.286. The highest BCUT2D eigenvalue weighted by molar-refractivity contribution is 6.05. The Balaban J connectivity index is 1.62. The van der Waals surface area contributed by atoms with Crippen LogP contribution in [0.4, 0.5) is 15.9 Å². The van der Waals surface area contributed by atoms with Crippen molar-refractivity contribution in [3.05, 3.63) is 60.2 Å². The summed E-state index contributed by atoms with van der Waals surface area (Å²) in [7, 11) is 1.81. The number of aromatic nitrogens is 3. The van der Waals surface area contributed by atoms with Crippen LogP contribution in [-0.4, -0.2) is 39.8 Å². The lowest BCUT2D eigenvalue weighted by atomic mass is 10.1. The number of anilines is 2. The average molecular weight is 409 g/mol. The number of piperidine rings is 1. The molecule has 1 aliphatic rings. The maximum atomic E-state index is 14.1. The molecule has 3 aromatic rings. The fourth-order valence-electron chi connectivity index (χ4n) is 3.67. The van der Waals surface area contributed by atoms with E-state index in [4.69, 9.17) is 11.6 Å². The molecule has 3 heterocycles. The summed E-state index contributed by atoms with van der Waals surface area (Å²) in [5.74, 6) is 6.05. The van der Waals surface area contributed by atoms with E-state index in [1.165, 1.54) is 6.07 Å². The van der Waals surface area contributed by atoms with Crippen LogP contribution in [0.5, 0.6) is 0 Å². The summed E-state index contributed by atoms with van der Waals surface area (Å²) in [6.45, 7) is 1.52. The number of hydrazine groups is 1. The summed E-state index contributed by atoms with van der Waals surface area (Å²) >= 11 is 0. The number of aryl methyl sites for hydroxylation is 1. The number of carbonyl (C=O) groups excluding carboxylic acids is 1. The Hall–Kier alpha value is -3.30. The summed E-state index contributed by atoms with van der Waals surface area (Å²) in [4.78, 5) is 19.5. The summed E-state index contributed by atoms with van der Waals surface area (Å²) in [5, 5.41) is 5.33. The molecule has 0 spiro atoms. The Morgan fingerprint density at radius 3 is 2.63 bits per heavy atom. The Labute approximate surface area is 173 Å². The molecule has 1 aromatic carbocycles. The van der Waals surface area contributed by atoms with Crippen molar-refractivity contribution in [3.8, 4) is 11.3 Å². The van der Waals surface area contributed by atoms with Crippen LogP contribution in [0.25, 0.3) is 11.3 Å². The summed E-state index contributed by atoms with van der Waals surface area (Å²) in [6.07, 6.45) is 3.27. The molecular formula is C21H24FN7O. The van der Waals surface area contributed by atoms with Gasteiger partial charge < -0.3 is 10.6 Å². The van der Waals surface area contributed by atoms with Crippen LogP contribution < -0.4 is 21.5 Å². The van der Waals surface area contributed by atoms with Crippen LogP contribution >= 0.6 is 0 Å². The number of nitrogens with zero attached hydrogens (tertiary/aromatic N) is 5. The Kier molecular flexibility index (Phi) is 5.47. The minimum atomic E-state index is -0.504. The quantitative estimate of drug-likeness (QED) is 0.388. The van der Waals surface area contributed by atoms with Crippen molar-refractivity contribution >= 4 is 17.4 Å². The van der Waals surface area contributed by atoms with Crippen molar-refractivity contribution in [2.75, 3.05) is 23.0 Å². The standard InChI is InChI=1S/C21H24FN7O/c1-27-20(28-11-9-14(23)10-12-28)19(13-25-27)29(24)21(30)18-8-4-7-17(26-18)15-5-2-3-6-16(15)22/h2-8,13-14H,9-12,23-24H2,1H3. The van der Waals surface area contributed by atoms with Gasteiger partial charge in [0.15, 0.2) is 5.82 Å². The molecule has 1 fully saturated rings. The molecule has 0 radical (unpaired) electrons. The predicted molar refractivity (Wildman–Crippen MR) is 113 cm³/mol. The molecule has 30 heavy (non-hydrogen) atoms. The van der Waals surface area contributed by atoms with Crippen LogP contribution in [0.3, 0.4) is 0 Å². The number of rotatable bonds is 4. The van der Waals surface area contributed by atoms with E-state index in [2.05, 4.69) is 15.0 Å². The molecule has 0 bridgehead atoms. The van der Waals surface area contributed by atoms with Gasteiger partial charge in [-0.2, -0.15) is 5.10 Å². The highest BCUT2D eigenvalue weighted by Gasteiger charge is 2.27. The van der Waals surface area contributed by atoms with E-state index in [0.29, 0.717) is 16.9 Å². The van der Waals surface area contributed by atoms with E-state index in [0.717, 1.165) is 36.8 Å². The molecule has 4 N–H and O–H groups in total. The molecule has 1 amide bonds. The van der Waals surface area contributed by atoms with Gasteiger partial charge in [-0.15, -0.1) is 0 Å². The van der Waals surface area contributed by atoms with Gasteiger partial charge in [-0.05, 0) is 37.1 Å². The van der Waals surface area contributed by atoms with Gasteiger partial charge >= 0.3 is 0 Å². The smallest absolute Gasteiger partial charge is 0.291 e. The highest BCUT2D eigenvalue weighted by Crippen LogP contribution is 2.30. The van der Waals surface area contributed by atoms with E-state index in [1.54, 1.807) is 47.3 Å². The van der Waals surface area contributed by atoms with Gasteiger partial charge in [0.1, 0.15) is 17.2 Å². The van der Waals surface area contributed by atoms with Gasteiger partial charge in [-0.3, -0.25) is 9.48 Å². The summed E-state index contributed by atoms with van der Waals surface area (Å²) in [5.41, 5.74) is 7.30. The fourth-order valence-corrected chi connectivity index (χ4v) is 3.67. The molecule has 156 valence electrons. The minimum absolute atomic E-state index is 0.119. The average Bonchev–Trinajstić information content (AvgIpc) is 3.15. The van der Waals surface area contributed by atoms with Crippen molar-refractivity contribution < 1.29 is 9.18 Å². The second-order valence-electron chi connectivity index (χ2n) is 7.36. The molecule has 8 nitrogen and oxygen atoms in total. The van der Waals surface area contributed by atoms with E-state index in [9.17, 15) is 9.18 Å². The first-order valence-electron chi connectivity index (χ1n) is 9.79. The van der Waals surface area contributed by atoms with Crippen molar-refractivity contribution in [2.45, 2.75) is 18.9 Å². The van der Waals surface area contributed by atoms with Gasteiger partial charge in [-0.25, -0.2) is 20.2 Å². The summed E-state index contributed by atoms with van der Waals surface area (Å²) in [6, 6.07) is 11.3. The Morgan fingerprint density at radius 1 is 1.17 bits per heavy atom. The highest BCUT2D eigenvalue weighted by atomic mass is 19.1. The van der Waals surface area contributed by atoms with E-state index in [1.807, 2.05) is 7.05 Å². The number of carbonyl (C=O) groups is 1. The van der Waals surface area contributed by atoms with Crippen molar-refractivity contribution in [2.24, 2.45) is 18.6 Å². The number of pyridine rings is 1. The largest absolute Gasteiger partial charge is 0.355 e. The summed E-state index contributed by atoms with van der Waals surface area (Å²) < 4.78 is 15.8. The zero-order valence-electron chi connectivity index (χ0n) is 16.7. The van der Waals surface area contributed by atoms with E-state index in [-0.39, 0.29) is 11.7 Å². The number of halogens is 1. The van der Waals surface area contributed by atoms with Gasteiger partial charge in [0.2, 0.25) is 0 Å². The minimum Gasteiger partial charge on any atom is -0.355 e. The lowest BCUT2D eigenvalue weighted by molar-refractivity contribution is 0.0982. The molecule has 2 aromatic heterocycles. The predicted octanol–water partition coefficient (Wildman–Crippen LogP) is 2.07.